The molecule has 0 radical (unpaired) electrons. The molecule has 0 aliphatic heterocycles. The average molecular weight is 371 g/mol. The zero-order valence-corrected chi connectivity index (χ0v) is 14.0. The van der Waals surface area contributed by atoms with Gasteiger partial charge in [0.25, 0.3) is 12.3 Å². The summed E-state index contributed by atoms with van der Waals surface area (Å²) in [6, 6.07) is 7.20. The number of aliphatic hydroxyl groups excluding tert-OH is 1. The first-order valence-electron chi connectivity index (χ1n) is 8.19. The molecule has 0 saturated carbocycles. The Bertz CT molecular complexity index is 1140. The number of hydrogen-bond donors (Lipinski definition) is 3. The molecule has 4 aromatic heterocycles. The van der Waals surface area contributed by atoms with Gasteiger partial charge in [0.15, 0.2) is 0 Å². The zero-order valence-electron chi connectivity index (χ0n) is 14.0. The van der Waals surface area contributed by atoms with Gasteiger partial charge in [0, 0.05) is 23.3 Å². The van der Waals surface area contributed by atoms with Gasteiger partial charge in [-0.3, -0.25) is 4.79 Å². The molecule has 4 rings (SSSR count). The predicted molar refractivity (Wildman–Crippen MR) is 94.5 cm³/mol. The van der Waals surface area contributed by atoms with Crippen LogP contribution in [0.3, 0.4) is 0 Å². The number of aliphatic hydroxyl groups is 1. The number of carbonyl (C=O) groups is 1. The van der Waals surface area contributed by atoms with Crippen molar-refractivity contribution in [2.45, 2.75) is 13.0 Å². The standard InChI is InChI=1S/C18H15F2N5O2/c19-16(20)8-22-18(27)14-7-23-25-4-3-10(5-15(14)25)13-6-21-17-12(13)2-1-11(9-26)24-17/h1-7,16,26H,8-9H2,(H,21,24)(H,22,27). The van der Waals surface area contributed by atoms with E-state index in [-0.39, 0.29) is 12.2 Å². The maximum atomic E-state index is 12.3. The van der Waals surface area contributed by atoms with Gasteiger partial charge in [-0.2, -0.15) is 5.10 Å². The summed E-state index contributed by atoms with van der Waals surface area (Å²) < 4.78 is 26.2. The molecule has 4 heterocycles. The van der Waals surface area contributed by atoms with Crippen molar-refractivity contribution in [3.05, 3.63) is 54.1 Å². The van der Waals surface area contributed by atoms with Gasteiger partial charge in [-0.25, -0.2) is 18.3 Å². The lowest BCUT2D eigenvalue weighted by Gasteiger charge is -2.05. The molecule has 0 aliphatic carbocycles. The average Bonchev–Trinajstić information content (AvgIpc) is 3.28. The summed E-state index contributed by atoms with van der Waals surface area (Å²) in [5.41, 5.74) is 3.60. The molecule has 27 heavy (non-hydrogen) atoms. The summed E-state index contributed by atoms with van der Waals surface area (Å²) >= 11 is 0. The fourth-order valence-corrected chi connectivity index (χ4v) is 2.96. The molecular formula is C18H15F2N5O2. The largest absolute Gasteiger partial charge is 0.390 e. The summed E-state index contributed by atoms with van der Waals surface area (Å²) in [5.74, 6) is -0.601. The number of amides is 1. The number of nitrogens with zero attached hydrogens (tertiary/aromatic N) is 3. The molecule has 7 nitrogen and oxygen atoms in total. The first-order valence-corrected chi connectivity index (χ1v) is 8.19. The van der Waals surface area contributed by atoms with E-state index in [0.29, 0.717) is 16.9 Å². The van der Waals surface area contributed by atoms with E-state index < -0.39 is 18.9 Å². The van der Waals surface area contributed by atoms with Crippen LogP contribution >= 0.6 is 0 Å². The van der Waals surface area contributed by atoms with Gasteiger partial charge in [0.1, 0.15) is 5.65 Å². The van der Waals surface area contributed by atoms with E-state index in [1.165, 1.54) is 10.7 Å². The van der Waals surface area contributed by atoms with Crippen LogP contribution in [0.1, 0.15) is 16.1 Å². The van der Waals surface area contributed by atoms with E-state index >= 15 is 0 Å². The summed E-state index contributed by atoms with van der Waals surface area (Å²) in [6.07, 6.45) is 2.22. The van der Waals surface area contributed by atoms with Gasteiger partial charge in [0.2, 0.25) is 0 Å². The third-order valence-electron chi connectivity index (χ3n) is 4.25. The monoisotopic (exact) mass is 371 g/mol. The van der Waals surface area contributed by atoms with Crippen LogP contribution in [0.2, 0.25) is 0 Å². The quantitative estimate of drug-likeness (QED) is 0.502. The summed E-state index contributed by atoms with van der Waals surface area (Å²) in [7, 11) is 0. The molecule has 0 aliphatic rings. The Morgan fingerprint density at radius 2 is 2.19 bits per heavy atom. The lowest BCUT2D eigenvalue weighted by Crippen LogP contribution is -2.28. The van der Waals surface area contributed by atoms with Crippen LogP contribution in [0.25, 0.3) is 27.7 Å². The maximum Gasteiger partial charge on any atom is 0.255 e. The number of hydrogen-bond acceptors (Lipinski definition) is 4. The van der Waals surface area contributed by atoms with Gasteiger partial charge in [0.05, 0.1) is 36.1 Å². The zero-order chi connectivity index (χ0) is 19.0. The van der Waals surface area contributed by atoms with Crippen molar-refractivity contribution in [3.8, 4) is 11.1 Å². The van der Waals surface area contributed by atoms with Crippen LogP contribution in [-0.2, 0) is 6.61 Å². The van der Waals surface area contributed by atoms with Crippen LogP contribution in [0, 0.1) is 0 Å². The third-order valence-corrected chi connectivity index (χ3v) is 4.25. The summed E-state index contributed by atoms with van der Waals surface area (Å²) in [5, 5.41) is 16.4. The minimum Gasteiger partial charge on any atom is -0.390 e. The second-order valence-corrected chi connectivity index (χ2v) is 5.96. The number of halogens is 2. The van der Waals surface area contributed by atoms with Gasteiger partial charge in [-0.1, -0.05) is 0 Å². The Labute approximate surface area is 151 Å². The number of pyridine rings is 2. The fraction of sp³-hybridized carbons (Fsp3) is 0.167. The Morgan fingerprint density at radius 3 is 2.96 bits per heavy atom. The van der Waals surface area contributed by atoms with Crippen molar-refractivity contribution in [2.24, 2.45) is 0 Å². The normalized spacial score (nSPS) is 11.6. The fourth-order valence-electron chi connectivity index (χ4n) is 2.96. The molecule has 0 fully saturated rings. The lowest BCUT2D eigenvalue weighted by molar-refractivity contribution is 0.0893. The molecule has 3 N–H and O–H groups in total. The molecular weight excluding hydrogens is 356 g/mol. The summed E-state index contributed by atoms with van der Waals surface area (Å²) in [6.45, 7) is -0.861. The number of aromatic nitrogens is 4. The Kier molecular flexibility index (Phi) is 4.28. The van der Waals surface area contributed by atoms with E-state index in [0.717, 1.165) is 16.5 Å². The molecule has 0 atom stereocenters. The van der Waals surface area contributed by atoms with E-state index in [2.05, 4.69) is 20.4 Å². The highest BCUT2D eigenvalue weighted by Gasteiger charge is 2.16. The SMILES string of the molecule is O=C(NCC(F)F)c1cnn2ccc(-c3c[nH]c4nc(CO)ccc34)cc12. The molecule has 0 unspecified atom stereocenters. The van der Waals surface area contributed by atoms with Crippen molar-refractivity contribution in [1.82, 2.24) is 24.9 Å². The first kappa shape index (κ1) is 17.1. The maximum absolute atomic E-state index is 12.3. The van der Waals surface area contributed by atoms with Crippen LogP contribution < -0.4 is 5.32 Å². The predicted octanol–water partition coefficient (Wildman–Crippen LogP) is 2.36. The van der Waals surface area contributed by atoms with Crippen LogP contribution in [0.4, 0.5) is 8.78 Å². The second-order valence-electron chi connectivity index (χ2n) is 5.96. The topological polar surface area (TPSA) is 95.3 Å². The van der Waals surface area contributed by atoms with Gasteiger partial charge in [-0.15, -0.1) is 0 Å². The molecule has 1 amide bonds. The molecule has 0 saturated heterocycles. The number of fused-ring (bicyclic) bond motifs is 2. The minimum absolute atomic E-state index is 0.150. The van der Waals surface area contributed by atoms with Crippen LogP contribution in [-0.4, -0.2) is 43.6 Å². The van der Waals surface area contributed by atoms with Crippen molar-refractivity contribution >= 4 is 22.5 Å². The smallest absolute Gasteiger partial charge is 0.255 e. The highest BCUT2D eigenvalue weighted by Crippen LogP contribution is 2.29. The Hall–Kier alpha value is -3.33. The van der Waals surface area contributed by atoms with Crippen molar-refractivity contribution in [3.63, 3.8) is 0 Å². The lowest BCUT2D eigenvalue weighted by atomic mass is 10.1. The number of carbonyl (C=O) groups excluding carboxylic acids is 1. The van der Waals surface area contributed by atoms with Crippen molar-refractivity contribution < 1.29 is 18.7 Å². The Morgan fingerprint density at radius 1 is 1.33 bits per heavy atom. The number of H-pyrrole nitrogens is 1. The van der Waals surface area contributed by atoms with E-state index in [4.69, 9.17) is 0 Å². The first-order chi connectivity index (χ1) is 13.1. The molecule has 138 valence electrons. The third kappa shape index (κ3) is 3.13. The highest BCUT2D eigenvalue weighted by atomic mass is 19.3. The number of rotatable bonds is 5. The molecule has 0 spiro atoms. The molecule has 9 heteroatoms. The molecule has 0 bridgehead atoms. The Balaban J connectivity index is 1.75. The second kappa shape index (κ2) is 6.76. The number of nitrogens with one attached hydrogen (secondary N) is 2. The van der Waals surface area contributed by atoms with E-state index in [1.54, 1.807) is 24.5 Å². The minimum atomic E-state index is -2.62. The molecule has 4 aromatic rings. The van der Waals surface area contributed by atoms with E-state index in [9.17, 15) is 18.7 Å². The number of alkyl halides is 2. The number of aromatic amines is 1. The van der Waals surface area contributed by atoms with Crippen molar-refractivity contribution in [1.29, 1.82) is 0 Å². The van der Waals surface area contributed by atoms with Gasteiger partial charge in [-0.05, 0) is 29.8 Å². The van der Waals surface area contributed by atoms with E-state index in [1.807, 2.05) is 12.1 Å². The molecule has 0 aromatic carbocycles. The van der Waals surface area contributed by atoms with Crippen LogP contribution in [0.15, 0.2) is 42.9 Å². The van der Waals surface area contributed by atoms with Crippen molar-refractivity contribution in [2.75, 3.05) is 6.54 Å². The van der Waals surface area contributed by atoms with Gasteiger partial charge >= 0.3 is 0 Å². The van der Waals surface area contributed by atoms with Crippen LogP contribution in [0.5, 0.6) is 0 Å². The highest BCUT2D eigenvalue weighted by molar-refractivity contribution is 6.02. The van der Waals surface area contributed by atoms with Gasteiger partial charge < -0.3 is 15.4 Å². The summed E-state index contributed by atoms with van der Waals surface area (Å²) in [4.78, 5) is 19.6.